The molecule has 1 saturated heterocycles. The van der Waals surface area contributed by atoms with Crippen LogP contribution in [0.25, 0.3) is 0 Å². The predicted molar refractivity (Wildman–Crippen MR) is 73.9 cm³/mol. The van der Waals surface area contributed by atoms with Crippen LogP contribution in [0, 0.1) is 0 Å². The number of nitrogens with two attached hydrogens (primary N) is 1. The second kappa shape index (κ2) is 5.56. The van der Waals surface area contributed by atoms with Gasteiger partial charge in [-0.15, -0.1) is 0 Å². The van der Waals surface area contributed by atoms with Crippen LogP contribution in [-0.2, 0) is 16.6 Å². The van der Waals surface area contributed by atoms with Gasteiger partial charge in [0.25, 0.3) is 0 Å². The first-order valence-electron chi connectivity index (χ1n) is 6.66. The number of hydrogen-bond acceptors (Lipinski definition) is 4. The standard InChI is InChI=1S/C13H21N3O2S/c1-10-5-3-6-11(2)16(10)19(17,18)13-7-4-8-15-12(13)9-14/h4,7-8,10-11H,3,5-6,9,14H2,1-2H3/t10-,11+. The zero-order chi connectivity index (χ0) is 14.0. The highest BCUT2D eigenvalue weighted by Gasteiger charge is 2.36. The molecule has 2 N–H and O–H groups in total. The number of hydrogen-bond donors (Lipinski definition) is 1. The predicted octanol–water partition coefficient (Wildman–Crippen LogP) is 1.49. The first-order chi connectivity index (χ1) is 8.98. The van der Waals surface area contributed by atoms with Crippen LogP contribution in [0.2, 0.25) is 0 Å². The number of pyridine rings is 1. The highest BCUT2D eigenvalue weighted by molar-refractivity contribution is 7.89. The fourth-order valence-corrected chi connectivity index (χ4v) is 4.87. The third-order valence-corrected chi connectivity index (χ3v) is 5.91. The van der Waals surface area contributed by atoms with Crippen molar-refractivity contribution in [2.45, 2.75) is 56.6 Å². The van der Waals surface area contributed by atoms with Crippen LogP contribution in [0.4, 0.5) is 0 Å². The summed E-state index contributed by atoms with van der Waals surface area (Å²) in [6.45, 7) is 4.06. The Morgan fingerprint density at radius 3 is 2.58 bits per heavy atom. The van der Waals surface area contributed by atoms with Crippen LogP contribution in [0.15, 0.2) is 23.2 Å². The number of rotatable bonds is 3. The van der Waals surface area contributed by atoms with Crippen LogP contribution < -0.4 is 5.73 Å². The fraction of sp³-hybridized carbons (Fsp3) is 0.615. The van der Waals surface area contributed by atoms with Gasteiger partial charge in [0, 0.05) is 24.8 Å². The van der Waals surface area contributed by atoms with Gasteiger partial charge in [0.05, 0.1) is 5.69 Å². The van der Waals surface area contributed by atoms with Crippen molar-refractivity contribution < 1.29 is 8.42 Å². The number of piperidine rings is 1. The third kappa shape index (κ3) is 2.66. The van der Waals surface area contributed by atoms with E-state index in [1.165, 1.54) is 0 Å². The molecule has 0 radical (unpaired) electrons. The van der Waals surface area contributed by atoms with Crippen molar-refractivity contribution in [3.05, 3.63) is 24.0 Å². The minimum Gasteiger partial charge on any atom is -0.325 e. The topological polar surface area (TPSA) is 76.3 Å². The van der Waals surface area contributed by atoms with Crippen molar-refractivity contribution in [2.75, 3.05) is 0 Å². The molecule has 1 aromatic rings. The maximum atomic E-state index is 12.8. The maximum Gasteiger partial charge on any atom is 0.245 e. The van der Waals surface area contributed by atoms with Gasteiger partial charge >= 0.3 is 0 Å². The van der Waals surface area contributed by atoms with E-state index in [0.717, 1.165) is 19.3 Å². The van der Waals surface area contributed by atoms with E-state index in [0.29, 0.717) is 5.69 Å². The van der Waals surface area contributed by atoms with Gasteiger partial charge in [-0.3, -0.25) is 4.98 Å². The molecule has 0 unspecified atom stereocenters. The summed E-state index contributed by atoms with van der Waals surface area (Å²) in [7, 11) is -3.51. The average Bonchev–Trinajstić information content (AvgIpc) is 2.38. The highest BCUT2D eigenvalue weighted by Crippen LogP contribution is 2.30. The van der Waals surface area contributed by atoms with E-state index in [1.54, 1.807) is 22.6 Å². The monoisotopic (exact) mass is 283 g/mol. The molecule has 2 rings (SSSR count). The Morgan fingerprint density at radius 2 is 2.00 bits per heavy atom. The molecule has 1 fully saturated rings. The summed E-state index contributed by atoms with van der Waals surface area (Å²) < 4.78 is 27.3. The van der Waals surface area contributed by atoms with Gasteiger partial charge in [0.2, 0.25) is 10.0 Å². The van der Waals surface area contributed by atoms with Gasteiger partial charge in [-0.05, 0) is 38.8 Å². The quantitative estimate of drug-likeness (QED) is 0.912. The Hall–Kier alpha value is -0.980. The van der Waals surface area contributed by atoms with Crippen molar-refractivity contribution in [3.8, 4) is 0 Å². The van der Waals surface area contributed by atoms with Gasteiger partial charge in [0.15, 0.2) is 0 Å². The molecule has 0 aliphatic carbocycles. The van der Waals surface area contributed by atoms with E-state index >= 15 is 0 Å². The molecular weight excluding hydrogens is 262 g/mol. The summed E-state index contributed by atoms with van der Waals surface area (Å²) in [6.07, 6.45) is 4.46. The number of sulfonamides is 1. The molecule has 1 aliphatic rings. The third-order valence-electron chi connectivity index (χ3n) is 3.71. The van der Waals surface area contributed by atoms with Gasteiger partial charge in [-0.2, -0.15) is 4.31 Å². The summed E-state index contributed by atoms with van der Waals surface area (Å²) in [4.78, 5) is 4.33. The molecule has 0 bridgehead atoms. The minimum absolute atomic E-state index is 0.0274. The summed E-state index contributed by atoms with van der Waals surface area (Å²) in [5.41, 5.74) is 6.04. The Balaban J connectivity index is 2.46. The zero-order valence-electron chi connectivity index (χ0n) is 11.4. The molecule has 1 aliphatic heterocycles. The lowest BCUT2D eigenvalue weighted by molar-refractivity contribution is 0.204. The maximum absolute atomic E-state index is 12.8. The summed E-state index contributed by atoms with van der Waals surface area (Å²) in [5.74, 6) is 0. The molecule has 19 heavy (non-hydrogen) atoms. The van der Waals surface area contributed by atoms with E-state index in [4.69, 9.17) is 5.73 Å². The van der Waals surface area contributed by atoms with Crippen LogP contribution in [0.3, 0.4) is 0 Å². The molecule has 0 aromatic carbocycles. The molecule has 2 atom stereocenters. The van der Waals surface area contributed by atoms with Crippen molar-refractivity contribution in [1.29, 1.82) is 0 Å². The summed E-state index contributed by atoms with van der Waals surface area (Å²) in [6, 6.07) is 3.29. The lowest BCUT2D eigenvalue weighted by Crippen LogP contribution is -2.47. The molecule has 2 heterocycles. The first kappa shape index (κ1) is 14.4. The van der Waals surface area contributed by atoms with Gasteiger partial charge in [0.1, 0.15) is 4.90 Å². The van der Waals surface area contributed by atoms with E-state index < -0.39 is 10.0 Å². The average molecular weight is 283 g/mol. The Bertz CT molecular complexity index is 535. The number of aromatic nitrogens is 1. The lowest BCUT2D eigenvalue weighted by atomic mass is 10.0. The Labute approximate surface area is 114 Å². The summed E-state index contributed by atoms with van der Waals surface area (Å²) in [5, 5.41) is 0. The molecule has 0 saturated carbocycles. The van der Waals surface area contributed by atoms with Gasteiger partial charge in [-0.25, -0.2) is 8.42 Å². The molecule has 1 aromatic heterocycles. The SMILES string of the molecule is C[C@@H]1CCC[C@H](C)N1S(=O)(=O)c1cccnc1CN. The van der Waals surface area contributed by atoms with Gasteiger partial charge in [-0.1, -0.05) is 6.42 Å². The molecule has 5 nitrogen and oxygen atoms in total. The Kier molecular flexibility index (Phi) is 4.23. The van der Waals surface area contributed by atoms with E-state index in [-0.39, 0.29) is 23.5 Å². The Morgan fingerprint density at radius 1 is 1.37 bits per heavy atom. The second-order valence-electron chi connectivity index (χ2n) is 5.12. The van der Waals surface area contributed by atoms with Crippen LogP contribution in [0.5, 0.6) is 0 Å². The fourth-order valence-electron chi connectivity index (χ4n) is 2.80. The van der Waals surface area contributed by atoms with E-state index in [1.807, 2.05) is 13.8 Å². The van der Waals surface area contributed by atoms with Crippen molar-refractivity contribution in [2.24, 2.45) is 5.73 Å². The summed E-state index contributed by atoms with van der Waals surface area (Å²) >= 11 is 0. The van der Waals surface area contributed by atoms with Crippen LogP contribution in [-0.4, -0.2) is 29.8 Å². The van der Waals surface area contributed by atoms with Crippen LogP contribution >= 0.6 is 0 Å². The highest BCUT2D eigenvalue weighted by atomic mass is 32.2. The molecule has 0 spiro atoms. The number of nitrogens with zero attached hydrogens (tertiary/aromatic N) is 2. The largest absolute Gasteiger partial charge is 0.325 e. The molecule has 106 valence electrons. The second-order valence-corrected chi connectivity index (χ2v) is 6.93. The zero-order valence-corrected chi connectivity index (χ0v) is 12.2. The first-order valence-corrected chi connectivity index (χ1v) is 8.10. The normalized spacial score (nSPS) is 25.4. The minimum atomic E-state index is -3.51. The molecular formula is C13H21N3O2S. The van der Waals surface area contributed by atoms with Crippen LogP contribution in [0.1, 0.15) is 38.8 Å². The van der Waals surface area contributed by atoms with Crippen molar-refractivity contribution >= 4 is 10.0 Å². The smallest absolute Gasteiger partial charge is 0.245 e. The van der Waals surface area contributed by atoms with E-state index in [9.17, 15) is 8.42 Å². The van der Waals surface area contributed by atoms with Gasteiger partial charge < -0.3 is 5.73 Å². The lowest BCUT2D eigenvalue weighted by Gasteiger charge is -2.37. The van der Waals surface area contributed by atoms with E-state index in [2.05, 4.69) is 4.98 Å². The van der Waals surface area contributed by atoms with Crippen molar-refractivity contribution in [3.63, 3.8) is 0 Å². The van der Waals surface area contributed by atoms with Crippen molar-refractivity contribution in [1.82, 2.24) is 9.29 Å². The molecule has 6 heteroatoms. The molecule has 0 amide bonds.